The second-order valence-electron chi connectivity index (χ2n) is 7.01. The number of pyridine rings is 1. The van der Waals surface area contributed by atoms with Crippen LogP contribution in [0.15, 0.2) is 85.1 Å². The fourth-order valence-corrected chi connectivity index (χ4v) is 3.28. The third kappa shape index (κ3) is 4.87. The molecule has 1 aromatic heterocycles. The zero-order valence-corrected chi connectivity index (χ0v) is 16.7. The fraction of sp³-hybridized carbons (Fsp3) is 0.0800. The van der Waals surface area contributed by atoms with Crippen molar-refractivity contribution in [3.05, 3.63) is 102 Å². The molecule has 3 N–H and O–H groups in total. The number of nitrogens with one attached hydrogen (secondary N) is 1. The van der Waals surface area contributed by atoms with E-state index in [-0.39, 0.29) is 5.91 Å². The van der Waals surface area contributed by atoms with Gasteiger partial charge in [-0.3, -0.25) is 14.6 Å². The highest BCUT2D eigenvalue weighted by molar-refractivity contribution is 5.94. The maximum absolute atomic E-state index is 12.5. The molecule has 0 fully saturated rings. The average molecular weight is 411 g/mol. The van der Waals surface area contributed by atoms with Crippen LogP contribution < -0.4 is 15.8 Å². The molecule has 0 saturated carbocycles. The number of benzene rings is 3. The quantitative estimate of drug-likeness (QED) is 0.479. The van der Waals surface area contributed by atoms with E-state index in [1.54, 1.807) is 54.7 Å². The van der Waals surface area contributed by atoms with Crippen molar-refractivity contribution in [2.24, 2.45) is 5.73 Å². The molecular formula is C25H21N3O3. The van der Waals surface area contributed by atoms with E-state index in [1.165, 1.54) is 0 Å². The molecule has 0 radical (unpaired) electrons. The smallest absolute Gasteiger partial charge is 0.251 e. The molecule has 0 saturated heterocycles. The highest BCUT2D eigenvalue weighted by atomic mass is 16.5. The molecule has 0 aliphatic carbocycles. The minimum absolute atomic E-state index is 0.148. The van der Waals surface area contributed by atoms with E-state index in [9.17, 15) is 9.59 Å². The number of carbonyl (C=O) groups is 2. The minimum Gasteiger partial charge on any atom is -0.457 e. The zero-order chi connectivity index (χ0) is 21.6. The molecule has 6 heteroatoms. The molecule has 0 unspecified atom stereocenters. The second kappa shape index (κ2) is 9.09. The first-order valence-corrected chi connectivity index (χ1v) is 9.89. The van der Waals surface area contributed by atoms with Gasteiger partial charge >= 0.3 is 0 Å². The number of ether oxygens (including phenoxy) is 1. The molecular weight excluding hydrogens is 390 g/mol. The summed E-state index contributed by atoms with van der Waals surface area (Å²) in [5.41, 5.74) is 8.26. The molecule has 31 heavy (non-hydrogen) atoms. The summed E-state index contributed by atoms with van der Waals surface area (Å²) in [7, 11) is 0. The van der Waals surface area contributed by atoms with E-state index < -0.39 is 5.91 Å². The van der Waals surface area contributed by atoms with Gasteiger partial charge in [-0.1, -0.05) is 24.3 Å². The number of fused-ring (bicyclic) bond motifs is 1. The molecule has 0 aliphatic rings. The fourth-order valence-electron chi connectivity index (χ4n) is 3.28. The normalized spacial score (nSPS) is 10.6. The van der Waals surface area contributed by atoms with Gasteiger partial charge in [0, 0.05) is 29.3 Å². The van der Waals surface area contributed by atoms with Crippen LogP contribution in [-0.4, -0.2) is 23.3 Å². The summed E-state index contributed by atoms with van der Waals surface area (Å²) in [5, 5.41) is 4.04. The Bertz CT molecular complexity index is 1210. The van der Waals surface area contributed by atoms with Crippen LogP contribution in [0.4, 0.5) is 0 Å². The number of rotatable bonds is 7. The van der Waals surface area contributed by atoms with Gasteiger partial charge in [0.2, 0.25) is 5.91 Å². The molecule has 2 amide bonds. The molecule has 4 aromatic rings. The van der Waals surface area contributed by atoms with Gasteiger partial charge in [0.05, 0.1) is 5.52 Å². The minimum atomic E-state index is -0.487. The Labute approximate surface area is 179 Å². The van der Waals surface area contributed by atoms with Gasteiger partial charge in [-0.2, -0.15) is 0 Å². The molecule has 0 aliphatic heterocycles. The third-order valence-electron chi connectivity index (χ3n) is 4.89. The van der Waals surface area contributed by atoms with E-state index in [2.05, 4.69) is 10.3 Å². The SMILES string of the molecule is NC(=O)c1ccc(Oc2ccc(C(=O)NCCc3cccc4cccnc34)cc2)cc1. The molecule has 3 aromatic carbocycles. The van der Waals surface area contributed by atoms with Crippen molar-refractivity contribution in [1.82, 2.24) is 10.3 Å². The van der Waals surface area contributed by atoms with Crippen molar-refractivity contribution in [3.63, 3.8) is 0 Å². The van der Waals surface area contributed by atoms with Crippen LogP contribution in [0.5, 0.6) is 11.5 Å². The van der Waals surface area contributed by atoms with Gasteiger partial charge in [-0.25, -0.2) is 0 Å². The van der Waals surface area contributed by atoms with Gasteiger partial charge in [0.15, 0.2) is 0 Å². The summed E-state index contributed by atoms with van der Waals surface area (Å²) in [6.07, 6.45) is 2.47. The number of para-hydroxylation sites is 1. The van der Waals surface area contributed by atoms with Crippen LogP contribution in [0.25, 0.3) is 10.9 Å². The Morgan fingerprint density at radius 1 is 0.839 bits per heavy atom. The number of hydrogen-bond acceptors (Lipinski definition) is 4. The van der Waals surface area contributed by atoms with E-state index in [4.69, 9.17) is 10.5 Å². The Morgan fingerprint density at radius 2 is 1.48 bits per heavy atom. The first-order valence-electron chi connectivity index (χ1n) is 9.89. The Balaban J connectivity index is 1.33. The number of nitrogens with zero attached hydrogens (tertiary/aromatic N) is 1. The van der Waals surface area contributed by atoms with Crippen molar-refractivity contribution in [1.29, 1.82) is 0 Å². The van der Waals surface area contributed by atoms with Crippen LogP contribution in [0.2, 0.25) is 0 Å². The van der Waals surface area contributed by atoms with Gasteiger partial charge in [0.25, 0.3) is 5.91 Å². The Hall–Kier alpha value is -4.19. The number of aromatic nitrogens is 1. The molecule has 154 valence electrons. The first kappa shape index (κ1) is 20.1. The van der Waals surface area contributed by atoms with Crippen LogP contribution in [0.1, 0.15) is 26.3 Å². The van der Waals surface area contributed by atoms with Crippen molar-refractivity contribution < 1.29 is 14.3 Å². The number of nitrogens with two attached hydrogens (primary N) is 1. The van der Waals surface area contributed by atoms with E-state index in [1.807, 2.05) is 30.3 Å². The van der Waals surface area contributed by atoms with Crippen LogP contribution in [-0.2, 0) is 6.42 Å². The maximum atomic E-state index is 12.5. The van der Waals surface area contributed by atoms with Crippen molar-refractivity contribution in [2.45, 2.75) is 6.42 Å². The zero-order valence-electron chi connectivity index (χ0n) is 16.7. The first-order chi connectivity index (χ1) is 15.1. The molecule has 6 nitrogen and oxygen atoms in total. The molecule has 0 spiro atoms. The van der Waals surface area contributed by atoms with Crippen LogP contribution >= 0.6 is 0 Å². The second-order valence-corrected chi connectivity index (χ2v) is 7.01. The van der Waals surface area contributed by atoms with Crippen molar-refractivity contribution >= 4 is 22.7 Å². The van der Waals surface area contributed by atoms with Gasteiger partial charge in [-0.15, -0.1) is 0 Å². The highest BCUT2D eigenvalue weighted by Crippen LogP contribution is 2.22. The Morgan fingerprint density at radius 3 is 2.16 bits per heavy atom. The van der Waals surface area contributed by atoms with Gasteiger partial charge in [-0.05, 0) is 66.6 Å². The van der Waals surface area contributed by atoms with Crippen molar-refractivity contribution in [3.8, 4) is 11.5 Å². The van der Waals surface area contributed by atoms with Crippen LogP contribution in [0, 0.1) is 0 Å². The predicted octanol–water partition coefficient (Wildman–Crippen LogP) is 4.10. The maximum Gasteiger partial charge on any atom is 0.251 e. The summed E-state index contributed by atoms with van der Waals surface area (Å²) >= 11 is 0. The lowest BCUT2D eigenvalue weighted by Crippen LogP contribution is -2.25. The lowest BCUT2D eigenvalue weighted by Gasteiger charge is -2.09. The summed E-state index contributed by atoms with van der Waals surface area (Å²) in [6, 6.07) is 23.4. The predicted molar refractivity (Wildman–Crippen MR) is 119 cm³/mol. The molecule has 1 heterocycles. The molecule has 4 rings (SSSR count). The molecule has 0 bridgehead atoms. The standard InChI is InChI=1S/C25H21N3O3/c26-24(29)19-6-10-21(11-7-19)31-22-12-8-20(9-13-22)25(30)28-16-14-18-4-1-3-17-5-2-15-27-23(17)18/h1-13,15H,14,16H2,(H2,26,29)(H,28,30). The molecule has 0 atom stereocenters. The van der Waals surface area contributed by atoms with Crippen LogP contribution in [0.3, 0.4) is 0 Å². The summed E-state index contributed by atoms with van der Waals surface area (Å²) in [5.74, 6) is 0.528. The van der Waals surface area contributed by atoms with Gasteiger partial charge < -0.3 is 15.8 Å². The van der Waals surface area contributed by atoms with Crippen molar-refractivity contribution in [2.75, 3.05) is 6.54 Å². The summed E-state index contributed by atoms with van der Waals surface area (Å²) < 4.78 is 5.74. The number of amides is 2. The average Bonchev–Trinajstić information content (AvgIpc) is 2.80. The topological polar surface area (TPSA) is 94.3 Å². The van der Waals surface area contributed by atoms with E-state index >= 15 is 0 Å². The third-order valence-corrected chi connectivity index (χ3v) is 4.89. The van der Waals surface area contributed by atoms with E-state index in [0.29, 0.717) is 35.6 Å². The van der Waals surface area contributed by atoms with Gasteiger partial charge in [0.1, 0.15) is 11.5 Å². The lowest BCUT2D eigenvalue weighted by atomic mass is 10.1. The summed E-state index contributed by atoms with van der Waals surface area (Å²) in [6.45, 7) is 0.513. The Kier molecular flexibility index (Phi) is 5.89. The van der Waals surface area contributed by atoms with E-state index in [0.717, 1.165) is 16.5 Å². The summed E-state index contributed by atoms with van der Waals surface area (Å²) in [4.78, 5) is 28.0. The number of carbonyl (C=O) groups excluding carboxylic acids is 2. The monoisotopic (exact) mass is 411 g/mol. The lowest BCUT2D eigenvalue weighted by molar-refractivity contribution is 0.0952. The highest BCUT2D eigenvalue weighted by Gasteiger charge is 2.08. The number of hydrogen-bond donors (Lipinski definition) is 2. The number of primary amides is 1. The largest absolute Gasteiger partial charge is 0.457 e.